The first-order chi connectivity index (χ1) is 16.6. The average molecular weight is 466 g/mol. The van der Waals surface area contributed by atoms with E-state index in [-0.39, 0.29) is 30.3 Å². The Morgan fingerprint density at radius 3 is 2.53 bits per heavy atom. The van der Waals surface area contributed by atoms with Gasteiger partial charge in [0.15, 0.2) is 5.82 Å². The van der Waals surface area contributed by atoms with Crippen molar-refractivity contribution < 1.29 is 13.9 Å². The van der Waals surface area contributed by atoms with Gasteiger partial charge in [0.2, 0.25) is 5.91 Å². The Morgan fingerprint density at radius 1 is 1.09 bits per heavy atom. The zero-order valence-corrected chi connectivity index (χ0v) is 19.2. The molecule has 0 bridgehead atoms. The molecule has 4 rings (SSSR count). The monoisotopic (exact) mass is 465 g/mol. The summed E-state index contributed by atoms with van der Waals surface area (Å²) in [5.41, 5.74) is 0.906. The van der Waals surface area contributed by atoms with Gasteiger partial charge >= 0.3 is 0 Å². The highest BCUT2D eigenvalue weighted by Gasteiger charge is 2.14. The van der Waals surface area contributed by atoms with E-state index in [2.05, 4.69) is 42.1 Å². The number of benzene rings is 1. The number of ether oxygens (including phenoxy) is 1. The lowest BCUT2D eigenvalue weighted by molar-refractivity contribution is -0.120. The number of carbonyl (C=O) groups excluding carboxylic acids is 1. The number of rotatable bonds is 9. The Hall–Kier alpha value is -3.50. The van der Waals surface area contributed by atoms with Crippen LogP contribution in [0.5, 0.6) is 5.75 Å². The van der Waals surface area contributed by atoms with Crippen LogP contribution in [0.25, 0.3) is 11.4 Å². The predicted molar refractivity (Wildman–Crippen MR) is 124 cm³/mol. The molecule has 1 aliphatic rings. The van der Waals surface area contributed by atoms with Crippen LogP contribution in [0.3, 0.4) is 0 Å². The second-order valence-electron chi connectivity index (χ2n) is 8.17. The molecule has 2 aromatic heterocycles. The minimum atomic E-state index is -0.453. The minimum Gasteiger partial charge on any atom is -0.492 e. The lowest BCUT2D eigenvalue weighted by atomic mass is 10.1. The molecule has 1 N–H and O–H groups in total. The molecule has 3 aromatic rings. The minimum absolute atomic E-state index is 0.107. The van der Waals surface area contributed by atoms with Crippen molar-refractivity contribution in [3.8, 4) is 17.1 Å². The molecule has 1 aromatic carbocycles. The Balaban J connectivity index is 1.26. The van der Waals surface area contributed by atoms with Crippen molar-refractivity contribution in [3.63, 3.8) is 0 Å². The molecule has 3 heterocycles. The van der Waals surface area contributed by atoms with Crippen LogP contribution >= 0.6 is 0 Å². The van der Waals surface area contributed by atoms with E-state index < -0.39 is 5.82 Å². The molecule has 9 nitrogen and oxygen atoms in total. The van der Waals surface area contributed by atoms with Gasteiger partial charge in [-0.15, -0.1) is 0 Å². The van der Waals surface area contributed by atoms with Crippen LogP contribution in [0.1, 0.15) is 11.4 Å². The van der Waals surface area contributed by atoms with Gasteiger partial charge in [-0.3, -0.25) is 9.69 Å². The number of nitrogens with zero attached hydrogens (tertiary/aromatic N) is 6. The lowest BCUT2D eigenvalue weighted by Crippen LogP contribution is -2.45. The van der Waals surface area contributed by atoms with Crippen molar-refractivity contribution in [2.75, 3.05) is 46.4 Å². The van der Waals surface area contributed by atoms with Gasteiger partial charge < -0.3 is 15.0 Å². The molecule has 0 unspecified atom stereocenters. The molecule has 10 heteroatoms. The number of carbonyl (C=O) groups is 1. The summed E-state index contributed by atoms with van der Waals surface area (Å²) in [5.74, 6) is 0.609. The smallest absolute Gasteiger partial charge is 0.224 e. The maximum atomic E-state index is 14.7. The second-order valence-corrected chi connectivity index (χ2v) is 8.17. The number of hydrogen-bond acceptors (Lipinski definition) is 8. The fourth-order valence-corrected chi connectivity index (χ4v) is 3.56. The van der Waals surface area contributed by atoms with Crippen molar-refractivity contribution in [2.45, 2.75) is 13.0 Å². The summed E-state index contributed by atoms with van der Waals surface area (Å²) in [6, 6.07) is 6.40. The maximum Gasteiger partial charge on any atom is 0.224 e. The van der Waals surface area contributed by atoms with E-state index in [1.165, 1.54) is 18.5 Å². The molecule has 0 aliphatic carbocycles. The van der Waals surface area contributed by atoms with Gasteiger partial charge in [0.05, 0.1) is 18.5 Å². The zero-order chi connectivity index (χ0) is 23.8. The maximum absolute atomic E-state index is 14.7. The summed E-state index contributed by atoms with van der Waals surface area (Å²) in [6.07, 6.45) is 6.40. The number of piperazine rings is 1. The van der Waals surface area contributed by atoms with Gasteiger partial charge in [-0.05, 0) is 30.8 Å². The Bertz CT molecular complexity index is 1070. The van der Waals surface area contributed by atoms with Crippen LogP contribution in [-0.2, 0) is 17.8 Å². The molecule has 1 amide bonds. The molecule has 0 radical (unpaired) electrons. The van der Waals surface area contributed by atoms with Crippen molar-refractivity contribution in [3.05, 3.63) is 66.3 Å². The summed E-state index contributed by atoms with van der Waals surface area (Å²) in [5, 5.41) is 2.75. The van der Waals surface area contributed by atoms with Gasteiger partial charge in [0.25, 0.3) is 0 Å². The third-order valence-electron chi connectivity index (χ3n) is 5.59. The summed E-state index contributed by atoms with van der Waals surface area (Å²) in [6.45, 7) is 5.70. The normalized spacial score (nSPS) is 14.6. The van der Waals surface area contributed by atoms with Crippen LogP contribution in [0.2, 0.25) is 0 Å². The largest absolute Gasteiger partial charge is 0.492 e. The fourth-order valence-electron chi connectivity index (χ4n) is 3.56. The third-order valence-corrected chi connectivity index (χ3v) is 5.59. The second kappa shape index (κ2) is 11.6. The summed E-state index contributed by atoms with van der Waals surface area (Å²) < 4.78 is 20.4. The van der Waals surface area contributed by atoms with Crippen LogP contribution in [-0.4, -0.2) is 82.0 Å². The Labute approximate surface area is 198 Å². The zero-order valence-electron chi connectivity index (χ0n) is 19.2. The lowest BCUT2D eigenvalue weighted by Gasteiger charge is -2.32. The molecule has 0 spiro atoms. The molecule has 178 valence electrons. The number of likely N-dealkylation sites (N-methyl/N-ethyl adjacent to an activating group) is 1. The van der Waals surface area contributed by atoms with Gasteiger partial charge in [-0.1, -0.05) is 0 Å². The van der Waals surface area contributed by atoms with Crippen LogP contribution in [0, 0.1) is 5.82 Å². The van der Waals surface area contributed by atoms with Crippen molar-refractivity contribution in [2.24, 2.45) is 0 Å². The van der Waals surface area contributed by atoms with E-state index >= 15 is 0 Å². The standard InChI is InChI=1S/C24H28FN7O2/c1-31-7-9-32(10-8-31)11-12-34-19-3-4-20(21(25)14-19)24-29-15-18(16-30-24)13-23(33)28-17-22-26-5-2-6-27-22/h2-6,14-16H,7-13,17H2,1H3,(H,28,33). The SMILES string of the molecule is CN1CCN(CCOc2ccc(-c3ncc(CC(=O)NCc4ncccn4)cn3)c(F)c2)CC1. The van der Waals surface area contributed by atoms with Crippen LogP contribution in [0.15, 0.2) is 49.1 Å². The molecule has 0 atom stereocenters. The summed E-state index contributed by atoms with van der Waals surface area (Å²) in [7, 11) is 2.12. The van der Waals surface area contributed by atoms with Crippen molar-refractivity contribution in [1.29, 1.82) is 0 Å². The quantitative estimate of drug-likeness (QED) is 0.509. The van der Waals surface area contributed by atoms with Crippen molar-refractivity contribution >= 4 is 5.91 Å². The topological polar surface area (TPSA) is 96.4 Å². The number of aromatic nitrogens is 4. The number of nitrogens with one attached hydrogen (secondary N) is 1. The Kier molecular flexibility index (Phi) is 8.05. The number of amides is 1. The number of halogens is 1. The van der Waals surface area contributed by atoms with Gasteiger partial charge in [0, 0.05) is 63.6 Å². The molecular weight excluding hydrogens is 437 g/mol. The number of hydrogen-bond donors (Lipinski definition) is 1. The Morgan fingerprint density at radius 2 is 1.82 bits per heavy atom. The van der Waals surface area contributed by atoms with Gasteiger partial charge in [0.1, 0.15) is 24.0 Å². The highest BCUT2D eigenvalue weighted by Crippen LogP contribution is 2.23. The van der Waals surface area contributed by atoms with E-state index in [4.69, 9.17) is 4.74 Å². The molecule has 1 fully saturated rings. The van der Waals surface area contributed by atoms with Gasteiger partial charge in [-0.2, -0.15) is 0 Å². The first-order valence-electron chi connectivity index (χ1n) is 11.2. The molecule has 34 heavy (non-hydrogen) atoms. The van der Waals surface area contributed by atoms with E-state index in [1.54, 1.807) is 30.6 Å². The first kappa shape index (κ1) is 23.7. The third kappa shape index (κ3) is 6.75. The molecular formula is C24H28FN7O2. The predicted octanol–water partition coefficient (Wildman–Crippen LogP) is 1.56. The van der Waals surface area contributed by atoms with Crippen LogP contribution < -0.4 is 10.1 Å². The first-order valence-corrected chi connectivity index (χ1v) is 11.2. The average Bonchev–Trinajstić information content (AvgIpc) is 2.85. The van der Waals surface area contributed by atoms with E-state index in [1.807, 2.05) is 0 Å². The highest BCUT2D eigenvalue weighted by atomic mass is 19.1. The molecule has 1 saturated heterocycles. The highest BCUT2D eigenvalue weighted by molar-refractivity contribution is 5.78. The van der Waals surface area contributed by atoms with E-state index in [9.17, 15) is 9.18 Å². The molecule has 1 aliphatic heterocycles. The van der Waals surface area contributed by atoms with E-state index in [0.29, 0.717) is 23.7 Å². The van der Waals surface area contributed by atoms with Crippen LogP contribution in [0.4, 0.5) is 4.39 Å². The van der Waals surface area contributed by atoms with Gasteiger partial charge in [-0.25, -0.2) is 24.3 Å². The molecule has 0 saturated carbocycles. The summed E-state index contributed by atoms with van der Waals surface area (Å²) >= 11 is 0. The van der Waals surface area contributed by atoms with Crippen molar-refractivity contribution in [1.82, 2.24) is 35.1 Å². The fraction of sp³-hybridized carbons (Fsp3) is 0.375. The summed E-state index contributed by atoms with van der Waals surface area (Å²) in [4.78, 5) is 33.4. The van der Waals surface area contributed by atoms with E-state index in [0.717, 1.165) is 32.7 Å².